The summed E-state index contributed by atoms with van der Waals surface area (Å²) in [5, 5.41) is 0.214. The SMILES string of the molecule is COC(=O)CNS(=O)(=O)c1cc(Cl)cc(Br)c1OC. The van der Waals surface area contributed by atoms with E-state index in [0.29, 0.717) is 4.47 Å². The third-order valence-electron chi connectivity index (χ3n) is 2.10. The Labute approximate surface area is 124 Å². The molecule has 0 amide bonds. The molecule has 0 aliphatic heterocycles. The van der Waals surface area contributed by atoms with Crippen molar-refractivity contribution < 1.29 is 22.7 Å². The highest BCUT2D eigenvalue weighted by molar-refractivity contribution is 9.10. The number of benzene rings is 1. The highest BCUT2D eigenvalue weighted by atomic mass is 79.9. The Morgan fingerprint density at radius 2 is 2.05 bits per heavy atom. The summed E-state index contributed by atoms with van der Waals surface area (Å²) >= 11 is 8.96. The lowest BCUT2D eigenvalue weighted by Crippen LogP contribution is -2.30. The molecular formula is C10H11BrClNO5S. The number of sulfonamides is 1. The van der Waals surface area contributed by atoms with Crippen molar-refractivity contribution in [3.63, 3.8) is 0 Å². The van der Waals surface area contributed by atoms with E-state index in [1.807, 2.05) is 0 Å². The lowest BCUT2D eigenvalue weighted by molar-refractivity contribution is -0.139. The Hall–Kier alpha value is -0.830. The number of esters is 1. The number of carbonyl (C=O) groups excluding carboxylic acids is 1. The fraction of sp³-hybridized carbons (Fsp3) is 0.300. The molecule has 0 bridgehead atoms. The predicted octanol–water partition coefficient (Wildman–Crippen LogP) is 1.56. The molecule has 0 heterocycles. The zero-order valence-corrected chi connectivity index (χ0v) is 13.2. The van der Waals surface area contributed by atoms with Crippen LogP contribution in [0.15, 0.2) is 21.5 Å². The second kappa shape index (κ2) is 6.56. The van der Waals surface area contributed by atoms with E-state index in [0.717, 1.165) is 7.11 Å². The predicted molar refractivity (Wildman–Crippen MR) is 72.9 cm³/mol. The molecule has 0 saturated heterocycles. The molecule has 1 N–H and O–H groups in total. The first-order valence-electron chi connectivity index (χ1n) is 4.91. The minimum Gasteiger partial charge on any atom is -0.494 e. The minimum atomic E-state index is -3.94. The van der Waals surface area contributed by atoms with Crippen molar-refractivity contribution in [3.05, 3.63) is 21.6 Å². The van der Waals surface area contributed by atoms with Gasteiger partial charge >= 0.3 is 5.97 Å². The van der Waals surface area contributed by atoms with Gasteiger partial charge in [-0.15, -0.1) is 0 Å². The van der Waals surface area contributed by atoms with Gasteiger partial charge in [0, 0.05) is 5.02 Å². The summed E-state index contributed by atoms with van der Waals surface area (Å²) in [7, 11) is -1.46. The lowest BCUT2D eigenvalue weighted by Gasteiger charge is -2.12. The monoisotopic (exact) mass is 371 g/mol. The Morgan fingerprint density at radius 3 is 2.58 bits per heavy atom. The highest BCUT2D eigenvalue weighted by Crippen LogP contribution is 2.35. The van der Waals surface area contributed by atoms with Gasteiger partial charge in [-0.2, -0.15) is 4.72 Å². The Balaban J connectivity index is 3.17. The van der Waals surface area contributed by atoms with Crippen molar-refractivity contribution in [2.45, 2.75) is 4.90 Å². The molecule has 0 atom stereocenters. The number of rotatable bonds is 5. The van der Waals surface area contributed by atoms with Crippen LogP contribution in [0.5, 0.6) is 5.75 Å². The molecule has 19 heavy (non-hydrogen) atoms. The van der Waals surface area contributed by atoms with Crippen LogP contribution in [0.2, 0.25) is 5.02 Å². The smallest absolute Gasteiger partial charge is 0.320 e. The van der Waals surface area contributed by atoms with Gasteiger partial charge in [-0.1, -0.05) is 11.6 Å². The molecule has 0 saturated carbocycles. The van der Waals surface area contributed by atoms with Gasteiger partial charge in [-0.25, -0.2) is 8.42 Å². The molecule has 0 aromatic heterocycles. The highest BCUT2D eigenvalue weighted by Gasteiger charge is 2.23. The summed E-state index contributed by atoms with van der Waals surface area (Å²) in [4.78, 5) is 10.8. The van der Waals surface area contributed by atoms with Crippen LogP contribution in [0.3, 0.4) is 0 Å². The Kier molecular flexibility index (Phi) is 5.60. The van der Waals surface area contributed by atoms with E-state index in [-0.39, 0.29) is 15.7 Å². The van der Waals surface area contributed by atoms with Crippen molar-refractivity contribution in [1.29, 1.82) is 0 Å². The molecule has 0 aliphatic carbocycles. The number of halogens is 2. The number of hydrogen-bond donors (Lipinski definition) is 1. The minimum absolute atomic E-state index is 0.0989. The molecule has 9 heteroatoms. The number of nitrogens with one attached hydrogen (secondary N) is 1. The lowest BCUT2D eigenvalue weighted by atomic mass is 10.3. The van der Waals surface area contributed by atoms with Gasteiger partial charge in [-0.05, 0) is 28.1 Å². The van der Waals surface area contributed by atoms with Crippen LogP contribution in [0, 0.1) is 0 Å². The van der Waals surface area contributed by atoms with Crippen molar-refractivity contribution >= 4 is 43.5 Å². The zero-order chi connectivity index (χ0) is 14.6. The largest absolute Gasteiger partial charge is 0.494 e. The van der Waals surface area contributed by atoms with E-state index < -0.39 is 22.5 Å². The average Bonchev–Trinajstić information content (AvgIpc) is 2.35. The van der Waals surface area contributed by atoms with E-state index in [9.17, 15) is 13.2 Å². The fourth-order valence-corrected chi connectivity index (χ4v) is 3.59. The first kappa shape index (κ1) is 16.2. The molecule has 0 unspecified atom stereocenters. The van der Waals surface area contributed by atoms with E-state index in [1.54, 1.807) is 0 Å². The number of methoxy groups -OCH3 is 2. The third-order valence-corrected chi connectivity index (χ3v) is 4.32. The molecule has 6 nitrogen and oxygen atoms in total. The Morgan fingerprint density at radius 1 is 1.42 bits per heavy atom. The van der Waals surface area contributed by atoms with Gasteiger partial charge < -0.3 is 9.47 Å². The van der Waals surface area contributed by atoms with E-state index >= 15 is 0 Å². The third kappa shape index (κ3) is 4.07. The topological polar surface area (TPSA) is 81.7 Å². The van der Waals surface area contributed by atoms with Gasteiger partial charge in [-0.3, -0.25) is 4.79 Å². The molecule has 0 radical (unpaired) electrons. The van der Waals surface area contributed by atoms with E-state index in [2.05, 4.69) is 25.4 Å². The molecule has 1 aromatic carbocycles. The van der Waals surface area contributed by atoms with Crippen LogP contribution in [-0.2, 0) is 19.6 Å². The number of carbonyl (C=O) groups is 1. The maximum absolute atomic E-state index is 12.1. The van der Waals surface area contributed by atoms with E-state index in [4.69, 9.17) is 16.3 Å². The molecule has 0 fully saturated rings. The second-order valence-corrected chi connectivity index (χ2v) is 6.35. The van der Waals surface area contributed by atoms with Crippen molar-refractivity contribution in [2.75, 3.05) is 20.8 Å². The summed E-state index contributed by atoms with van der Waals surface area (Å²) in [5.74, 6) is -0.606. The van der Waals surface area contributed by atoms with Gasteiger partial charge in [0.1, 0.15) is 11.4 Å². The van der Waals surface area contributed by atoms with Crippen LogP contribution >= 0.6 is 27.5 Å². The number of hydrogen-bond acceptors (Lipinski definition) is 5. The van der Waals surface area contributed by atoms with Gasteiger partial charge in [0.25, 0.3) is 0 Å². The first-order valence-corrected chi connectivity index (χ1v) is 7.56. The molecule has 1 aromatic rings. The van der Waals surface area contributed by atoms with Crippen LogP contribution in [0.25, 0.3) is 0 Å². The average molecular weight is 373 g/mol. The van der Waals surface area contributed by atoms with Crippen molar-refractivity contribution in [2.24, 2.45) is 0 Å². The van der Waals surface area contributed by atoms with Crippen LogP contribution < -0.4 is 9.46 Å². The summed E-state index contributed by atoms with van der Waals surface area (Å²) < 4.78 is 36.0. The van der Waals surface area contributed by atoms with Crippen LogP contribution in [0.1, 0.15) is 0 Å². The zero-order valence-electron chi connectivity index (χ0n) is 10.1. The van der Waals surface area contributed by atoms with Crippen LogP contribution in [-0.4, -0.2) is 35.2 Å². The first-order chi connectivity index (χ1) is 8.81. The van der Waals surface area contributed by atoms with Crippen LogP contribution in [0.4, 0.5) is 0 Å². The van der Waals surface area contributed by atoms with Crippen molar-refractivity contribution in [1.82, 2.24) is 4.72 Å². The quantitative estimate of drug-likeness (QED) is 0.793. The number of ether oxygens (including phenoxy) is 2. The molecular weight excluding hydrogens is 362 g/mol. The van der Waals surface area contributed by atoms with Gasteiger partial charge in [0.2, 0.25) is 10.0 Å². The fourth-order valence-electron chi connectivity index (χ4n) is 1.24. The Bertz CT molecular complexity index is 590. The maximum atomic E-state index is 12.1. The second-order valence-electron chi connectivity index (χ2n) is 3.32. The van der Waals surface area contributed by atoms with Gasteiger partial charge in [0.15, 0.2) is 5.75 Å². The summed E-state index contributed by atoms with van der Waals surface area (Å²) in [5.41, 5.74) is 0. The normalized spacial score (nSPS) is 11.2. The van der Waals surface area contributed by atoms with E-state index in [1.165, 1.54) is 19.2 Å². The molecule has 1 rings (SSSR count). The molecule has 0 aliphatic rings. The van der Waals surface area contributed by atoms with Crippen molar-refractivity contribution in [3.8, 4) is 5.75 Å². The maximum Gasteiger partial charge on any atom is 0.320 e. The molecule has 0 spiro atoms. The molecule has 106 valence electrons. The summed E-state index contributed by atoms with van der Waals surface area (Å²) in [6.07, 6.45) is 0. The summed E-state index contributed by atoms with van der Waals surface area (Å²) in [6, 6.07) is 2.73. The van der Waals surface area contributed by atoms with Gasteiger partial charge in [0.05, 0.1) is 18.7 Å². The standard InChI is InChI=1S/C10H11BrClNO5S/c1-17-9(14)5-13-19(15,16)8-4-6(12)3-7(11)10(8)18-2/h3-4,13H,5H2,1-2H3. The summed E-state index contributed by atoms with van der Waals surface area (Å²) in [6.45, 7) is -0.480.